The Bertz CT molecular complexity index is 978. The van der Waals surface area contributed by atoms with Gasteiger partial charge in [-0.15, -0.1) is 0 Å². The minimum Gasteiger partial charge on any atom is -0.362 e. The van der Waals surface area contributed by atoms with E-state index in [-0.39, 0.29) is 11.4 Å². The minimum absolute atomic E-state index is 0.0709. The number of rotatable bonds is 5. The number of nitrogens with zero attached hydrogens (tertiary/aromatic N) is 2. The average Bonchev–Trinajstić information content (AvgIpc) is 2.66. The number of carbonyl (C=O) groups is 1. The molecule has 0 aromatic heterocycles. The second kappa shape index (κ2) is 8.60. The van der Waals surface area contributed by atoms with Crippen molar-refractivity contribution in [2.45, 2.75) is 39.7 Å². The molecule has 1 heterocycles. The van der Waals surface area contributed by atoms with Crippen LogP contribution in [0.1, 0.15) is 55.6 Å². The standard InChI is InChI=1S/C23H25Cl2N3O/c1-5-10-28-21-12-20(25)17(11-19(21)15(2)13-23(28,3)4)14-26-27-22(29)16-6-8-18(24)9-7-16/h6-9,11-14H,5,10H2,1-4H3,(H,27,29)/b26-14-. The molecule has 2 aromatic rings. The fourth-order valence-electron chi connectivity index (χ4n) is 3.67. The zero-order valence-electron chi connectivity index (χ0n) is 17.1. The number of halogens is 2. The molecule has 1 N–H and O–H groups in total. The highest BCUT2D eigenvalue weighted by atomic mass is 35.5. The number of fused-ring (bicyclic) bond motifs is 1. The van der Waals surface area contributed by atoms with Gasteiger partial charge in [-0.3, -0.25) is 4.79 Å². The lowest BCUT2D eigenvalue weighted by Gasteiger charge is -2.43. The van der Waals surface area contributed by atoms with Gasteiger partial charge in [0.2, 0.25) is 0 Å². The van der Waals surface area contributed by atoms with Crippen LogP contribution in [0.25, 0.3) is 5.57 Å². The van der Waals surface area contributed by atoms with Crippen molar-refractivity contribution in [3.8, 4) is 0 Å². The molecule has 1 aliphatic heterocycles. The van der Waals surface area contributed by atoms with E-state index in [0.29, 0.717) is 15.6 Å². The number of allylic oxidation sites excluding steroid dienone is 1. The molecule has 0 spiro atoms. The van der Waals surface area contributed by atoms with Crippen molar-refractivity contribution in [1.29, 1.82) is 0 Å². The van der Waals surface area contributed by atoms with E-state index >= 15 is 0 Å². The van der Waals surface area contributed by atoms with Crippen molar-refractivity contribution in [3.63, 3.8) is 0 Å². The monoisotopic (exact) mass is 429 g/mol. The zero-order chi connectivity index (χ0) is 21.2. The molecule has 0 aliphatic carbocycles. The van der Waals surface area contributed by atoms with E-state index in [9.17, 15) is 4.79 Å². The maximum absolute atomic E-state index is 12.2. The van der Waals surface area contributed by atoms with Gasteiger partial charge in [-0.05, 0) is 69.2 Å². The highest BCUT2D eigenvalue weighted by Crippen LogP contribution is 2.41. The van der Waals surface area contributed by atoms with Crippen LogP contribution in [-0.2, 0) is 0 Å². The normalized spacial score (nSPS) is 15.2. The van der Waals surface area contributed by atoms with Crippen LogP contribution in [0.4, 0.5) is 5.69 Å². The van der Waals surface area contributed by atoms with E-state index in [1.807, 2.05) is 12.1 Å². The summed E-state index contributed by atoms with van der Waals surface area (Å²) in [6, 6.07) is 10.7. The third-order valence-electron chi connectivity index (χ3n) is 5.02. The molecule has 3 rings (SSSR count). The predicted molar refractivity (Wildman–Crippen MR) is 123 cm³/mol. The molecule has 1 aliphatic rings. The van der Waals surface area contributed by atoms with E-state index < -0.39 is 0 Å². The second-order valence-corrected chi connectivity index (χ2v) is 8.57. The summed E-state index contributed by atoms with van der Waals surface area (Å²) >= 11 is 12.4. The summed E-state index contributed by atoms with van der Waals surface area (Å²) in [5, 5.41) is 5.26. The number of benzene rings is 2. The number of hydrogen-bond donors (Lipinski definition) is 1. The Morgan fingerprint density at radius 1 is 1.21 bits per heavy atom. The summed E-state index contributed by atoms with van der Waals surface area (Å²) in [5.41, 5.74) is 7.16. The van der Waals surface area contributed by atoms with E-state index in [2.05, 4.69) is 49.2 Å². The molecule has 4 nitrogen and oxygen atoms in total. The Labute approximate surface area is 182 Å². The van der Waals surface area contributed by atoms with Crippen LogP contribution in [0.3, 0.4) is 0 Å². The molecule has 6 heteroatoms. The summed E-state index contributed by atoms with van der Waals surface area (Å²) in [4.78, 5) is 14.6. The molecule has 0 saturated heterocycles. The zero-order valence-corrected chi connectivity index (χ0v) is 18.6. The van der Waals surface area contributed by atoms with Crippen LogP contribution >= 0.6 is 23.2 Å². The van der Waals surface area contributed by atoms with Gasteiger partial charge in [-0.25, -0.2) is 5.43 Å². The molecule has 0 fully saturated rings. The fourth-order valence-corrected chi connectivity index (χ4v) is 4.00. The van der Waals surface area contributed by atoms with Crippen LogP contribution in [0, 0.1) is 0 Å². The first-order valence-electron chi connectivity index (χ1n) is 9.63. The van der Waals surface area contributed by atoms with E-state index in [1.165, 1.54) is 5.57 Å². The quantitative estimate of drug-likeness (QED) is 0.456. The van der Waals surface area contributed by atoms with Crippen LogP contribution in [0.15, 0.2) is 47.6 Å². The number of nitrogens with one attached hydrogen (secondary N) is 1. The van der Waals surface area contributed by atoms with Crippen molar-refractivity contribution in [2.24, 2.45) is 5.10 Å². The average molecular weight is 430 g/mol. The number of anilines is 1. The number of hydrogen-bond acceptors (Lipinski definition) is 3. The molecule has 0 bridgehead atoms. The first-order valence-corrected chi connectivity index (χ1v) is 10.4. The Morgan fingerprint density at radius 2 is 1.90 bits per heavy atom. The molecule has 0 unspecified atom stereocenters. The van der Waals surface area contributed by atoms with Gasteiger partial charge in [0, 0.05) is 33.9 Å². The van der Waals surface area contributed by atoms with Crippen molar-refractivity contribution in [2.75, 3.05) is 11.4 Å². The Kier molecular flexibility index (Phi) is 6.35. The van der Waals surface area contributed by atoms with Gasteiger partial charge in [0.25, 0.3) is 5.91 Å². The maximum Gasteiger partial charge on any atom is 0.271 e. The molecule has 0 saturated carbocycles. The van der Waals surface area contributed by atoms with Gasteiger partial charge in [0.05, 0.1) is 16.8 Å². The largest absolute Gasteiger partial charge is 0.362 e. The Morgan fingerprint density at radius 3 is 2.55 bits per heavy atom. The van der Waals surface area contributed by atoms with Gasteiger partial charge >= 0.3 is 0 Å². The summed E-state index contributed by atoms with van der Waals surface area (Å²) in [6.45, 7) is 9.66. The van der Waals surface area contributed by atoms with Crippen molar-refractivity contribution in [3.05, 3.63) is 69.2 Å². The number of amides is 1. The lowest BCUT2D eigenvalue weighted by Crippen LogP contribution is -2.45. The van der Waals surface area contributed by atoms with Crippen LogP contribution in [-0.4, -0.2) is 24.2 Å². The topological polar surface area (TPSA) is 44.7 Å². The lowest BCUT2D eigenvalue weighted by molar-refractivity contribution is 0.0955. The first-order chi connectivity index (χ1) is 13.7. The molecule has 0 atom stereocenters. The van der Waals surface area contributed by atoms with Crippen LogP contribution in [0.2, 0.25) is 10.0 Å². The van der Waals surface area contributed by atoms with Gasteiger partial charge < -0.3 is 4.90 Å². The molecule has 152 valence electrons. The number of hydrazone groups is 1. The molecular weight excluding hydrogens is 405 g/mol. The van der Waals surface area contributed by atoms with Crippen LogP contribution in [0.5, 0.6) is 0 Å². The summed E-state index contributed by atoms with van der Waals surface area (Å²) in [5.74, 6) is -0.307. The Hall–Kier alpha value is -2.30. The van der Waals surface area contributed by atoms with Crippen LogP contribution < -0.4 is 10.3 Å². The minimum atomic E-state index is -0.307. The second-order valence-electron chi connectivity index (χ2n) is 7.73. The molecule has 1 amide bonds. The highest BCUT2D eigenvalue weighted by Gasteiger charge is 2.31. The van der Waals surface area contributed by atoms with Crippen molar-refractivity contribution < 1.29 is 4.79 Å². The number of carbonyl (C=O) groups excluding carboxylic acids is 1. The van der Waals surface area contributed by atoms with Crippen molar-refractivity contribution in [1.82, 2.24) is 5.43 Å². The van der Waals surface area contributed by atoms with Gasteiger partial charge in [-0.2, -0.15) is 5.10 Å². The van der Waals surface area contributed by atoms with Gasteiger partial charge in [-0.1, -0.05) is 36.2 Å². The maximum atomic E-state index is 12.2. The van der Waals surface area contributed by atoms with E-state index in [4.69, 9.17) is 23.2 Å². The lowest BCUT2D eigenvalue weighted by atomic mass is 9.88. The first kappa shape index (κ1) is 21.4. The fraction of sp³-hybridized carbons (Fsp3) is 0.304. The molecule has 2 aromatic carbocycles. The van der Waals surface area contributed by atoms with Crippen molar-refractivity contribution >= 4 is 46.6 Å². The summed E-state index contributed by atoms with van der Waals surface area (Å²) in [7, 11) is 0. The molecular formula is C23H25Cl2N3O. The third kappa shape index (κ3) is 4.65. The van der Waals surface area contributed by atoms with Gasteiger partial charge in [0.1, 0.15) is 0 Å². The van der Waals surface area contributed by atoms with Gasteiger partial charge in [0.15, 0.2) is 0 Å². The predicted octanol–water partition coefficient (Wildman–Crippen LogP) is 6.17. The SMILES string of the molecule is CCCN1c2cc(Cl)c(/C=N\NC(=O)c3ccc(Cl)cc3)cc2C(C)=CC1(C)C. The highest BCUT2D eigenvalue weighted by molar-refractivity contribution is 6.33. The third-order valence-corrected chi connectivity index (χ3v) is 5.60. The summed E-state index contributed by atoms with van der Waals surface area (Å²) < 4.78 is 0. The summed E-state index contributed by atoms with van der Waals surface area (Å²) in [6.07, 6.45) is 4.91. The Balaban J connectivity index is 1.85. The smallest absolute Gasteiger partial charge is 0.271 e. The molecule has 0 radical (unpaired) electrons. The molecule has 29 heavy (non-hydrogen) atoms. The van der Waals surface area contributed by atoms with E-state index in [0.717, 1.165) is 29.8 Å². The van der Waals surface area contributed by atoms with E-state index in [1.54, 1.807) is 30.5 Å².